The van der Waals surface area contributed by atoms with Gasteiger partial charge in [-0.05, 0) is 30.3 Å². The van der Waals surface area contributed by atoms with Crippen LogP contribution in [0.2, 0.25) is 0 Å². The lowest BCUT2D eigenvalue weighted by atomic mass is 9.77. The third kappa shape index (κ3) is 1.72. The number of hydrogen-bond donors (Lipinski definition) is 4. The smallest absolute Gasteiger partial charge is 0.340 e. The van der Waals surface area contributed by atoms with E-state index in [1.54, 1.807) is 24.3 Å². The molecule has 7 heteroatoms. The lowest BCUT2D eigenvalue weighted by molar-refractivity contribution is 0.0220. The summed E-state index contributed by atoms with van der Waals surface area (Å²) in [5, 5.41) is 40.4. The summed E-state index contributed by atoms with van der Waals surface area (Å²) in [6.07, 6.45) is 0. The predicted octanol–water partition coefficient (Wildman–Crippen LogP) is 3.08. The zero-order valence-corrected chi connectivity index (χ0v) is 13.6. The molecule has 5 rings (SSSR count). The molecular weight excluding hydrogens is 352 g/mol. The summed E-state index contributed by atoms with van der Waals surface area (Å²) < 4.78 is 11.4. The average molecular weight is 364 g/mol. The normalized spacial score (nSPS) is 15.5. The number of fused-ring (bicyclic) bond motifs is 6. The van der Waals surface area contributed by atoms with E-state index in [-0.39, 0.29) is 22.6 Å². The van der Waals surface area contributed by atoms with Crippen LogP contribution in [-0.4, -0.2) is 26.4 Å². The van der Waals surface area contributed by atoms with Crippen LogP contribution >= 0.6 is 0 Å². The van der Waals surface area contributed by atoms with Crippen molar-refractivity contribution < 1.29 is 34.7 Å². The molecule has 0 fully saturated rings. The summed E-state index contributed by atoms with van der Waals surface area (Å²) in [4.78, 5) is 12.6. The average Bonchev–Trinajstić information content (AvgIpc) is 2.96. The molecule has 0 bridgehead atoms. The number of carbonyl (C=O) groups excluding carboxylic acids is 1. The number of hydrogen-bond acceptors (Lipinski definition) is 7. The van der Waals surface area contributed by atoms with Crippen LogP contribution in [0.4, 0.5) is 0 Å². The fraction of sp³-hybridized carbons (Fsp3) is 0.0500. The molecule has 0 unspecified atom stereocenters. The summed E-state index contributed by atoms with van der Waals surface area (Å²) in [7, 11) is 0. The number of benzene rings is 3. The number of esters is 1. The van der Waals surface area contributed by atoms with Crippen molar-refractivity contribution in [2.45, 2.75) is 5.60 Å². The standard InChI is InChI=1S/C20H12O7/c21-13-7-5-11-17(15(13)23)26-18-12(6-8-14(22)16(18)24)20(11)10-4-2-1-3-9(10)19(25)27-20/h1-8,21-24H. The van der Waals surface area contributed by atoms with Crippen molar-refractivity contribution in [3.63, 3.8) is 0 Å². The summed E-state index contributed by atoms with van der Waals surface area (Å²) in [6, 6.07) is 12.2. The van der Waals surface area contributed by atoms with Gasteiger partial charge in [-0.1, -0.05) is 18.2 Å². The first-order chi connectivity index (χ1) is 12.9. The van der Waals surface area contributed by atoms with Gasteiger partial charge in [-0.3, -0.25) is 0 Å². The molecule has 27 heavy (non-hydrogen) atoms. The zero-order chi connectivity index (χ0) is 18.9. The molecule has 0 radical (unpaired) electrons. The maximum Gasteiger partial charge on any atom is 0.340 e. The van der Waals surface area contributed by atoms with E-state index in [4.69, 9.17) is 9.47 Å². The summed E-state index contributed by atoms with van der Waals surface area (Å²) in [5.41, 5.74) is -0.109. The second-order valence-corrected chi connectivity index (χ2v) is 6.34. The van der Waals surface area contributed by atoms with Gasteiger partial charge in [0.25, 0.3) is 0 Å². The number of carbonyl (C=O) groups is 1. The van der Waals surface area contributed by atoms with Crippen molar-refractivity contribution in [3.05, 3.63) is 70.8 Å². The minimum atomic E-state index is -1.51. The SMILES string of the molecule is O=C1OC2(c3ccccc31)c1ccc(O)c(O)c1Oc1c2ccc(O)c1O. The third-order valence-electron chi connectivity index (χ3n) is 4.96. The Hall–Kier alpha value is -3.87. The van der Waals surface area contributed by atoms with E-state index in [1.165, 1.54) is 24.3 Å². The van der Waals surface area contributed by atoms with E-state index >= 15 is 0 Å². The Morgan fingerprint density at radius 3 is 1.85 bits per heavy atom. The van der Waals surface area contributed by atoms with E-state index < -0.39 is 34.6 Å². The number of rotatable bonds is 0. The fourth-order valence-corrected chi connectivity index (χ4v) is 3.75. The minimum absolute atomic E-state index is 0.173. The van der Waals surface area contributed by atoms with Gasteiger partial charge in [-0.2, -0.15) is 0 Å². The summed E-state index contributed by atoms with van der Waals surface area (Å²) in [5.74, 6) is -2.94. The predicted molar refractivity (Wildman–Crippen MR) is 91.4 cm³/mol. The molecule has 0 atom stereocenters. The van der Waals surface area contributed by atoms with Crippen molar-refractivity contribution in [1.29, 1.82) is 0 Å². The molecule has 3 aromatic rings. The second kappa shape index (κ2) is 4.85. The Morgan fingerprint density at radius 1 is 0.704 bits per heavy atom. The van der Waals surface area contributed by atoms with Gasteiger partial charge in [-0.25, -0.2) is 4.79 Å². The molecule has 1 spiro atoms. The first kappa shape index (κ1) is 15.4. The monoisotopic (exact) mass is 364 g/mol. The number of ether oxygens (including phenoxy) is 2. The van der Waals surface area contributed by atoms with Crippen molar-refractivity contribution >= 4 is 5.97 Å². The topological polar surface area (TPSA) is 116 Å². The van der Waals surface area contributed by atoms with Gasteiger partial charge in [-0.15, -0.1) is 0 Å². The molecule has 2 aliphatic heterocycles. The molecule has 0 aliphatic carbocycles. The molecule has 0 aromatic heterocycles. The maximum absolute atomic E-state index is 12.6. The summed E-state index contributed by atoms with van der Waals surface area (Å²) in [6.45, 7) is 0. The van der Waals surface area contributed by atoms with Crippen LogP contribution < -0.4 is 4.74 Å². The van der Waals surface area contributed by atoms with E-state index in [2.05, 4.69) is 0 Å². The van der Waals surface area contributed by atoms with Crippen LogP contribution in [-0.2, 0) is 10.3 Å². The van der Waals surface area contributed by atoms with Crippen LogP contribution in [0, 0.1) is 0 Å². The number of aromatic hydroxyl groups is 4. The molecule has 2 aliphatic rings. The molecule has 7 nitrogen and oxygen atoms in total. The first-order valence-electron chi connectivity index (χ1n) is 8.06. The highest BCUT2D eigenvalue weighted by atomic mass is 16.6. The van der Waals surface area contributed by atoms with E-state index in [9.17, 15) is 25.2 Å². The Bertz CT molecular complexity index is 1090. The second-order valence-electron chi connectivity index (χ2n) is 6.34. The van der Waals surface area contributed by atoms with Gasteiger partial charge < -0.3 is 29.9 Å². The molecule has 2 heterocycles. The first-order valence-corrected chi connectivity index (χ1v) is 8.06. The minimum Gasteiger partial charge on any atom is -0.504 e. The number of phenols is 4. The van der Waals surface area contributed by atoms with E-state index in [0.29, 0.717) is 11.1 Å². The Labute approximate surface area is 152 Å². The number of phenolic OH excluding ortho intramolecular Hbond substituents is 4. The highest BCUT2D eigenvalue weighted by Gasteiger charge is 2.55. The zero-order valence-electron chi connectivity index (χ0n) is 13.6. The van der Waals surface area contributed by atoms with Crippen molar-refractivity contribution in [3.8, 4) is 34.5 Å². The van der Waals surface area contributed by atoms with Crippen LogP contribution in [0.15, 0.2) is 48.5 Å². The van der Waals surface area contributed by atoms with Crippen molar-refractivity contribution in [2.75, 3.05) is 0 Å². The third-order valence-corrected chi connectivity index (χ3v) is 4.96. The van der Waals surface area contributed by atoms with Gasteiger partial charge in [0.05, 0.1) is 16.7 Å². The maximum atomic E-state index is 12.6. The molecule has 0 saturated carbocycles. The molecule has 0 saturated heterocycles. The Kier molecular flexibility index (Phi) is 2.77. The van der Waals surface area contributed by atoms with Gasteiger partial charge in [0, 0.05) is 5.56 Å². The van der Waals surface area contributed by atoms with Gasteiger partial charge in [0.2, 0.25) is 11.5 Å². The summed E-state index contributed by atoms with van der Waals surface area (Å²) >= 11 is 0. The van der Waals surface area contributed by atoms with E-state index in [0.717, 1.165) is 0 Å². The van der Waals surface area contributed by atoms with Gasteiger partial charge in [0.15, 0.2) is 28.6 Å². The quantitative estimate of drug-likeness (QED) is 0.358. The molecule has 0 amide bonds. The highest BCUT2D eigenvalue weighted by molar-refractivity contribution is 5.97. The van der Waals surface area contributed by atoms with Crippen LogP contribution in [0.5, 0.6) is 34.5 Å². The Morgan fingerprint density at radius 2 is 1.26 bits per heavy atom. The lowest BCUT2D eigenvalue weighted by Gasteiger charge is -2.36. The Balaban J connectivity index is 1.96. The molecular formula is C20H12O7. The van der Waals surface area contributed by atoms with Crippen LogP contribution in [0.3, 0.4) is 0 Å². The highest BCUT2D eigenvalue weighted by Crippen LogP contribution is 2.61. The van der Waals surface area contributed by atoms with Crippen LogP contribution in [0.25, 0.3) is 0 Å². The lowest BCUT2D eigenvalue weighted by Crippen LogP contribution is -2.33. The molecule has 3 aromatic carbocycles. The molecule has 134 valence electrons. The largest absolute Gasteiger partial charge is 0.504 e. The van der Waals surface area contributed by atoms with E-state index in [1.807, 2.05) is 0 Å². The van der Waals surface area contributed by atoms with Crippen LogP contribution in [0.1, 0.15) is 27.0 Å². The van der Waals surface area contributed by atoms with Crippen molar-refractivity contribution in [1.82, 2.24) is 0 Å². The fourth-order valence-electron chi connectivity index (χ4n) is 3.75. The van der Waals surface area contributed by atoms with Crippen molar-refractivity contribution in [2.24, 2.45) is 0 Å². The van der Waals surface area contributed by atoms with Gasteiger partial charge >= 0.3 is 5.97 Å². The van der Waals surface area contributed by atoms with Gasteiger partial charge in [0.1, 0.15) is 0 Å². The molecule has 4 N–H and O–H groups in total.